The van der Waals surface area contributed by atoms with Gasteiger partial charge in [-0.05, 0) is 79.2 Å². The molecule has 3 aliphatic heterocycles. The molecule has 3 aliphatic rings. The monoisotopic (exact) mass is 852 g/mol. The van der Waals surface area contributed by atoms with Crippen LogP contribution in [0.1, 0.15) is 80.0 Å². The molecule has 8 amide bonds. The number of anilines is 1. The Kier molecular flexibility index (Phi) is 11.8. The van der Waals surface area contributed by atoms with Gasteiger partial charge < -0.3 is 16.0 Å². The molecule has 292 valence electrons. The molecular weight excluding hydrogens is 816 g/mol. The van der Waals surface area contributed by atoms with Crippen molar-refractivity contribution in [2.75, 3.05) is 31.5 Å². The lowest BCUT2D eigenvalue weighted by atomic mass is 9.94. The zero-order valence-electron chi connectivity index (χ0n) is 30.5. The normalized spacial score (nSPS) is 16.2. The predicted molar refractivity (Wildman–Crippen MR) is 214 cm³/mol. The third-order valence-corrected chi connectivity index (χ3v) is 11.6. The summed E-state index contributed by atoms with van der Waals surface area (Å²) in [4.78, 5) is 106. The molecule has 1 fully saturated rings. The maximum absolute atomic E-state index is 13.5. The van der Waals surface area contributed by atoms with E-state index < -0.39 is 41.5 Å². The summed E-state index contributed by atoms with van der Waals surface area (Å²) in [5, 5.41) is 12.3. The molecule has 4 N–H and O–H groups in total. The number of rotatable bonds is 15. The van der Waals surface area contributed by atoms with E-state index in [1.165, 1.54) is 6.07 Å². The van der Waals surface area contributed by atoms with Crippen LogP contribution >= 0.6 is 27.7 Å². The molecular formula is C41H37BrN6O8S. The van der Waals surface area contributed by atoms with Crippen LogP contribution < -0.4 is 21.3 Å². The molecule has 1 atom stereocenters. The van der Waals surface area contributed by atoms with Crippen molar-refractivity contribution in [3.63, 3.8) is 0 Å². The second-order valence-corrected chi connectivity index (χ2v) is 15.7. The molecule has 16 heteroatoms. The van der Waals surface area contributed by atoms with Gasteiger partial charge in [-0.15, -0.1) is 0 Å². The Morgan fingerprint density at radius 2 is 1.40 bits per heavy atom. The number of halogens is 1. The summed E-state index contributed by atoms with van der Waals surface area (Å²) in [6.45, 7) is 0.576. The molecule has 4 aromatic carbocycles. The maximum atomic E-state index is 13.5. The maximum Gasteiger partial charge on any atom is 0.264 e. The number of hydrogen-bond acceptors (Lipinski definition) is 10. The Labute approximate surface area is 339 Å². The van der Waals surface area contributed by atoms with E-state index in [0.29, 0.717) is 35.0 Å². The van der Waals surface area contributed by atoms with Gasteiger partial charge in [-0.2, -0.15) is 0 Å². The Balaban J connectivity index is 0.815. The SMILES string of the molecule is O=C(CCCCC(=O)NCCN1C(=O)c2cccc3c(Sc4ccc(Br)cc4)ccc(c23)C1=O)NCCNc1cccc2c1C(=O)N(C1CCC(=O)NC1=O)C2=O. The average molecular weight is 854 g/mol. The number of benzene rings is 4. The van der Waals surface area contributed by atoms with Crippen LogP contribution in [0.3, 0.4) is 0 Å². The van der Waals surface area contributed by atoms with Crippen LogP contribution in [0, 0.1) is 0 Å². The standard InChI is InChI=1S/C41H37BrN6O8S/c42-23-11-13-24(14-12-23)57-31-17-15-28-35-25(31)5-3-6-26(35)38(53)47(39(28)54)22-21-45-33(50)10-2-1-9-32(49)44-20-19-43-29-8-4-7-27-36(29)41(56)48(40(27)55)30-16-18-34(51)46-37(30)52/h3-8,11-15,17,30,43H,1-2,9-10,16,18-22H2,(H,44,49)(H,45,50)(H,46,51,52). The van der Waals surface area contributed by atoms with E-state index in [9.17, 15) is 38.4 Å². The van der Waals surface area contributed by atoms with Crippen LogP contribution in [0.25, 0.3) is 10.8 Å². The third-order valence-electron chi connectivity index (χ3n) is 9.94. The van der Waals surface area contributed by atoms with E-state index in [1.807, 2.05) is 42.5 Å². The number of piperidine rings is 1. The number of carbonyl (C=O) groups excluding carboxylic acids is 8. The van der Waals surface area contributed by atoms with Gasteiger partial charge in [-0.3, -0.25) is 53.5 Å². The minimum absolute atomic E-state index is 0.0133. The third kappa shape index (κ3) is 8.32. The summed E-state index contributed by atoms with van der Waals surface area (Å²) in [5.41, 5.74) is 1.55. The van der Waals surface area contributed by atoms with Crippen molar-refractivity contribution in [3.8, 4) is 0 Å². The first-order valence-electron chi connectivity index (χ1n) is 18.5. The zero-order valence-corrected chi connectivity index (χ0v) is 32.9. The molecule has 7 rings (SSSR count). The highest BCUT2D eigenvalue weighted by molar-refractivity contribution is 9.10. The van der Waals surface area contributed by atoms with E-state index in [1.54, 1.807) is 36.0 Å². The predicted octanol–water partition coefficient (Wildman–Crippen LogP) is 4.66. The lowest BCUT2D eigenvalue weighted by Crippen LogP contribution is -2.54. The number of hydrogen-bond donors (Lipinski definition) is 4. The molecule has 57 heavy (non-hydrogen) atoms. The van der Waals surface area contributed by atoms with Crippen molar-refractivity contribution in [3.05, 3.63) is 99.5 Å². The summed E-state index contributed by atoms with van der Waals surface area (Å²) in [7, 11) is 0. The summed E-state index contributed by atoms with van der Waals surface area (Å²) < 4.78 is 0.972. The number of imide groups is 3. The van der Waals surface area contributed by atoms with Crippen LogP contribution in [-0.2, 0) is 19.2 Å². The van der Waals surface area contributed by atoms with Gasteiger partial charge in [0.2, 0.25) is 23.6 Å². The lowest BCUT2D eigenvalue weighted by Gasteiger charge is -2.27. The average Bonchev–Trinajstić information content (AvgIpc) is 3.45. The molecule has 1 saturated heterocycles. The van der Waals surface area contributed by atoms with Crippen molar-refractivity contribution >= 4 is 91.4 Å². The van der Waals surface area contributed by atoms with Gasteiger partial charge in [0.25, 0.3) is 23.6 Å². The van der Waals surface area contributed by atoms with Crippen molar-refractivity contribution in [1.29, 1.82) is 0 Å². The van der Waals surface area contributed by atoms with Gasteiger partial charge in [-0.1, -0.05) is 45.9 Å². The zero-order chi connectivity index (χ0) is 40.2. The second kappa shape index (κ2) is 17.1. The number of carbonyl (C=O) groups is 8. The van der Waals surface area contributed by atoms with Gasteiger partial charge in [0.05, 0.1) is 11.1 Å². The molecule has 0 aromatic heterocycles. The van der Waals surface area contributed by atoms with E-state index in [-0.39, 0.29) is 74.8 Å². The van der Waals surface area contributed by atoms with Crippen LogP contribution in [0.4, 0.5) is 5.69 Å². The molecule has 0 radical (unpaired) electrons. The van der Waals surface area contributed by atoms with Crippen molar-refractivity contribution in [2.24, 2.45) is 0 Å². The molecule has 0 bridgehead atoms. The van der Waals surface area contributed by atoms with Gasteiger partial charge in [0.15, 0.2) is 0 Å². The van der Waals surface area contributed by atoms with Crippen molar-refractivity contribution in [2.45, 2.75) is 54.4 Å². The highest BCUT2D eigenvalue weighted by Crippen LogP contribution is 2.39. The van der Waals surface area contributed by atoms with Gasteiger partial charge in [-0.25, -0.2) is 0 Å². The van der Waals surface area contributed by atoms with E-state index in [4.69, 9.17) is 0 Å². The number of nitrogens with one attached hydrogen (secondary N) is 4. The Hall–Kier alpha value is -5.87. The topological polar surface area (TPSA) is 191 Å². The number of fused-ring (bicyclic) bond motifs is 1. The fourth-order valence-corrected chi connectivity index (χ4v) is 8.36. The van der Waals surface area contributed by atoms with E-state index in [0.717, 1.165) is 29.4 Å². The van der Waals surface area contributed by atoms with E-state index >= 15 is 0 Å². The Morgan fingerprint density at radius 3 is 2.12 bits per heavy atom. The molecule has 1 unspecified atom stereocenters. The summed E-state index contributed by atoms with van der Waals surface area (Å²) in [5.74, 6) is -3.66. The smallest absolute Gasteiger partial charge is 0.264 e. The lowest BCUT2D eigenvalue weighted by molar-refractivity contribution is -0.136. The molecule has 0 saturated carbocycles. The molecule has 4 aromatic rings. The fourth-order valence-electron chi connectivity index (χ4n) is 7.16. The van der Waals surface area contributed by atoms with Crippen LogP contribution in [0.5, 0.6) is 0 Å². The second-order valence-electron chi connectivity index (χ2n) is 13.7. The van der Waals surface area contributed by atoms with Crippen LogP contribution in [0.15, 0.2) is 87.1 Å². The highest BCUT2D eigenvalue weighted by atomic mass is 79.9. The summed E-state index contributed by atoms with van der Waals surface area (Å²) in [6.07, 6.45) is 1.34. The Bertz CT molecular complexity index is 2330. The summed E-state index contributed by atoms with van der Waals surface area (Å²) in [6, 6.07) is 20.7. The van der Waals surface area contributed by atoms with Gasteiger partial charge in [0.1, 0.15) is 6.04 Å². The molecule has 3 heterocycles. The van der Waals surface area contributed by atoms with Crippen molar-refractivity contribution in [1.82, 2.24) is 25.8 Å². The van der Waals surface area contributed by atoms with Crippen LogP contribution in [-0.4, -0.2) is 89.3 Å². The van der Waals surface area contributed by atoms with Gasteiger partial charge >= 0.3 is 0 Å². The first-order valence-corrected chi connectivity index (χ1v) is 20.1. The van der Waals surface area contributed by atoms with Crippen LogP contribution in [0.2, 0.25) is 0 Å². The number of nitrogens with zero attached hydrogens (tertiary/aromatic N) is 2. The first-order chi connectivity index (χ1) is 27.5. The minimum Gasteiger partial charge on any atom is -0.383 e. The fraction of sp³-hybridized carbons (Fsp3) is 0.268. The molecule has 14 nitrogen and oxygen atoms in total. The minimum atomic E-state index is -1.07. The molecule has 0 spiro atoms. The first kappa shape index (κ1) is 39.4. The summed E-state index contributed by atoms with van der Waals surface area (Å²) >= 11 is 5.00. The van der Waals surface area contributed by atoms with E-state index in [2.05, 4.69) is 37.2 Å². The number of amides is 8. The molecule has 0 aliphatic carbocycles. The quantitative estimate of drug-likeness (QED) is 0.0967. The van der Waals surface area contributed by atoms with Gasteiger partial charge in [0, 0.05) is 81.9 Å². The van der Waals surface area contributed by atoms with Crippen molar-refractivity contribution < 1.29 is 38.4 Å². The highest BCUT2D eigenvalue weighted by Gasteiger charge is 2.45. The largest absolute Gasteiger partial charge is 0.383 e. The number of unbranched alkanes of at least 4 members (excludes halogenated alkanes) is 1. The Morgan fingerprint density at radius 1 is 0.737 bits per heavy atom.